The second-order valence-corrected chi connectivity index (χ2v) is 6.09. The van der Waals surface area contributed by atoms with Gasteiger partial charge in [-0.1, -0.05) is 30.3 Å². The topological polar surface area (TPSA) is 29.1 Å². The van der Waals surface area contributed by atoms with Gasteiger partial charge in [-0.2, -0.15) is 0 Å². The number of ketones is 1. The quantitative estimate of drug-likeness (QED) is 0.901. The van der Waals surface area contributed by atoms with Crippen molar-refractivity contribution in [1.29, 1.82) is 0 Å². The molecule has 1 aliphatic heterocycles. The van der Waals surface area contributed by atoms with Crippen LogP contribution in [0, 0.1) is 5.92 Å². The molecular formula is C17H24ClNO. The van der Waals surface area contributed by atoms with Gasteiger partial charge in [-0.25, -0.2) is 0 Å². The summed E-state index contributed by atoms with van der Waals surface area (Å²) in [4.78, 5) is 11.6. The number of carbonyl (C=O) groups excluding carboxylic acids is 1. The van der Waals surface area contributed by atoms with Crippen molar-refractivity contribution in [2.24, 2.45) is 5.92 Å². The van der Waals surface area contributed by atoms with Crippen LogP contribution < -0.4 is 5.32 Å². The van der Waals surface area contributed by atoms with Gasteiger partial charge >= 0.3 is 0 Å². The average molecular weight is 294 g/mol. The predicted molar refractivity (Wildman–Crippen MR) is 84.4 cm³/mol. The Kier molecular flexibility index (Phi) is 5.62. The van der Waals surface area contributed by atoms with E-state index in [9.17, 15) is 4.79 Å². The number of carbonyl (C=O) groups is 1. The maximum atomic E-state index is 11.6. The third kappa shape index (κ3) is 3.62. The molecule has 1 heterocycles. The van der Waals surface area contributed by atoms with Crippen molar-refractivity contribution < 1.29 is 4.79 Å². The summed E-state index contributed by atoms with van der Waals surface area (Å²) in [5.41, 5.74) is 1.47. The molecule has 3 heteroatoms. The molecule has 0 radical (unpaired) electrons. The average Bonchev–Trinajstić information content (AvgIpc) is 2.48. The Morgan fingerprint density at radius 3 is 2.65 bits per heavy atom. The molecule has 1 saturated carbocycles. The molecule has 2 nitrogen and oxygen atoms in total. The Bertz CT molecular complexity index is 434. The lowest BCUT2D eigenvalue weighted by Crippen LogP contribution is -2.44. The molecule has 1 saturated heterocycles. The SMILES string of the molecule is Cl.O=C1CCCC(C2CC(c3ccccc3)CCN2)C1. The Morgan fingerprint density at radius 2 is 1.90 bits per heavy atom. The molecule has 2 fully saturated rings. The first kappa shape index (κ1) is 15.5. The van der Waals surface area contributed by atoms with Crippen LogP contribution in [0.2, 0.25) is 0 Å². The lowest BCUT2D eigenvalue weighted by atomic mass is 9.76. The second-order valence-electron chi connectivity index (χ2n) is 6.09. The molecule has 0 aromatic heterocycles. The molecule has 3 unspecified atom stereocenters. The van der Waals surface area contributed by atoms with E-state index in [-0.39, 0.29) is 12.4 Å². The van der Waals surface area contributed by atoms with E-state index in [1.54, 1.807) is 0 Å². The molecule has 3 rings (SSSR count). The fraction of sp³-hybridized carbons (Fsp3) is 0.588. The summed E-state index contributed by atoms with van der Waals surface area (Å²) < 4.78 is 0. The maximum absolute atomic E-state index is 11.6. The van der Waals surface area contributed by atoms with Gasteiger partial charge in [0.15, 0.2) is 0 Å². The Hall–Kier alpha value is -0.860. The van der Waals surface area contributed by atoms with Crippen molar-refractivity contribution in [2.75, 3.05) is 6.54 Å². The van der Waals surface area contributed by atoms with Crippen LogP contribution in [-0.2, 0) is 4.79 Å². The summed E-state index contributed by atoms with van der Waals surface area (Å²) in [5.74, 6) is 1.72. The highest BCUT2D eigenvalue weighted by Gasteiger charge is 2.31. The summed E-state index contributed by atoms with van der Waals surface area (Å²) in [6, 6.07) is 11.4. The first-order valence-corrected chi connectivity index (χ1v) is 7.63. The molecule has 1 aromatic rings. The van der Waals surface area contributed by atoms with E-state index in [0.29, 0.717) is 23.7 Å². The zero-order chi connectivity index (χ0) is 13.1. The van der Waals surface area contributed by atoms with E-state index in [1.165, 1.54) is 24.8 Å². The van der Waals surface area contributed by atoms with Gasteiger partial charge in [0.2, 0.25) is 0 Å². The monoisotopic (exact) mass is 293 g/mol. The van der Waals surface area contributed by atoms with Crippen molar-refractivity contribution >= 4 is 18.2 Å². The van der Waals surface area contributed by atoms with Crippen molar-refractivity contribution in [2.45, 2.75) is 50.5 Å². The normalized spacial score (nSPS) is 30.6. The van der Waals surface area contributed by atoms with Crippen molar-refractivity contribution in [3.05, 3.63) is 35.9 Å². The number of nitrogens with one attached hydrogen (secondary N) is 1. The van der Waals surface area contributed by atoms with Gasteiger partial charge in [-0.3, -0.25) is 4.79 Å². The number of hydrogen-bond acceptors (Lipinski definition) is 2. The number of halogens is 1. The van der Waals surface area contributed by atoms with Crippen molar-refractivity contribution in [3.63, 3.8) is 0 Å². The van der Waals surface area contributed by atoms with Gasteiger partial charge in [0.25, 0.3) is 0 Å². The minimum atomic E-state index is 0. The molecule has 20 heavy (non-hydrogen) atoms. The van der Waals surface area contributed by atoms with E-state index < -0.39 is 0 Å². The lowest BCUT2D eigenvalue weighted by molar-refractivity contribution is -0.121. The molecule has 0 bridgehead atoms. The minimum absolute atomic E-state index is 0. The standard InChI is InChI=1S/C17H23NO.ClH/c19-16-8-4-7-15(11-16)17-12-14(9-10-18-17)13-5-2-1-3-6-13;/h1-3,5-6,14-15,17-18H,4,7-12H2;1H. The van der Waals surface area contributed by atoms with Crippen molar-refractivity contribution in [1.82, 2.24) is 5.32 Å². The van der Waals surface area contributed by atoms with E-state index in [1.807, 2.05) is 0 Å². The summed E-state index contributed by atoms with van der Waals surface area (Å²) in [7, 11) is 0. The highest BCUT2D eigenvalue weighted by atomic mass is 35.5. The molecule has 1 aliphatic carbocycles. The summed E-state index contributed by atoms with van der Waals surface area (Å²) >= 11 is 0. The highest BCUT2D eigenvalue weighted by Crippen LogP contribution is 2.34. The first-order valence-electron chi connectivity index (χ1n) is 7.63. The van der Waals surface area contributed by atoms with Crippen LogP contribution in [0.3, 0.4) is 0 Å². The minimum Gasteiger partial charge on any atom is -0.314 e. The number of rotatable bonds is 2. The van der Waals surface area contributed by atoms with E-state index in [2.05, 4.69) is 35.6 Å². The van der Waals surface area contributed by atoms with Crippen LogP contribution in [0.4, 0.5) is 0 Å². The molecule has 110 valence electrons. The smallest absolute Gasteiger partial charge is 0.133 e. The van der Waals surface area contributed by atoms with E-state index in [4.69, 9.17) is 0 Å². The lowest BCUT2D eigenvalue weighted by Gasteiger charge is -2.37. The van der Waals surface area contributed by atoms with Gasteiger partial charge in [0.1, 0.15) is 5.78 Å². The van der Waals surface area contributed by atoms with Crippen LogP contribution in [0.1, 0.15) is 50.0 Å². The van der Waals surface area contributed by atoms with Crippen molar-refractivity contribution in [3.8, 4) is 0 Å². The zero-order valence-electron chi connectivity index (χ0n) is 11.9. The fourth-order valence-corrected chi connectivity index (χ4v) is 3.74. The summed E-state index contributed by atoms with van der Waals surface area (Å²) in [6.45, 7) is 1.09. The van der Waals surface area contributed by atoms with E-state index >= 15 is 0 Å². The second kappa shape index (κ2) is 7.24. The third-order valence-electron chi connectivity index (χ3n) is 4.80. The van der Waals surface area contributed by atoms with Crippen LogP contribution in [0.15, 0.2) is 30.3 Å². The number of hydrogen-bond donors (Lipinski definition) is 1. The van der Waals surface area contributed by atoms with Crippen LogP contribution in [0.5, 0.6) is 0 Å². The fourth-order valence-electron chi connectivity index (χ4n) is 3.74. The highest BCUT2D eigenvalue weighted by molar-refractivity contribution is 5.85. The molecule has 0 spiro atoms. The molecule has 1 N–H and O–H groups in total. The summed E-state index contributed by atoms with van der Waals surface area (Å²) in [5, 5.41) is 3.66. The van der Waals surface area contributed by atoms with Gasteiger partial charge in [0.05, 0.1) is 0 Å². The Morgan fingerprint density at radius 1 is 1.10 bits per heavy atom. The van der Waals surface area contributed by atoms with E-state index in [0.717, 1.165) is 25.8 Å². The predicted octanol–water partition coefficient (Wildman–Crippen LogP) is 3.70. The summed E-state index contributed by atoms with van der Waals surface area (Å²) in [6.07, 6.45) is 6.36. The van der Waals surface area contributed by atoms with Crippen LogP contribution in [-0.4, -0.2) is 18.4 Å². The molecule has 1 aromatic carbocycles. The first-order chi connectivity index (χ1) is 9.33. The number of benzene rings is 1. The maximum Gasteiger partial charge on any atom is 0.133 e. The molecular weight excluding hydrogens is 270 g/mol. The Labute approximate surface area is 127 Å². The van der Waals surface area contributed by atoms with Gasteiger partial charge in [0, 0.05) is 18.9 Å². The molecule has 3 atom stereocenters. The largest absolute Gasteiger partial charge is 0.314 e. The molecule has 2 aliphatic rings. The molecule has 0 amide bonds. The number of piperidine rings is 1. The van der Waals surface area contributed by atoms with Gasteiger partial charge in [-0.15, -0.1) is 12.4 Å². The third-order valence-corrected chi connectivity index (χ3v) is 4.80. The Balaban J connectivity index is 0.00000147. The van der Waals surface area contributed by atoms with Crippen LogP contribution >= 0.6 is 12.4 Å². The zero-order valence-corrected chi connectivity index (χ0v) is 12.7. The van der Waals surface area contributed by atoms with Crippen LogP contribution in [0.25, 0.3) is 0 Å². The van der Waals surface area contributed by atoms with Gasteiger partial charge < -0.3 is 5.32 Å². The van der Waals surface area contributed by atoms with Gasteiger partial charge in [-0.05, 0) is 49.6 Å². The number of Topliss-reactive ketones (excluding diaryl/α,β-unsaturated/α-hetero) is 1.